The lowest BCUT2D eigenvalue weighted by atomic mass is 9.94. The first kappa shape index (κ1) is 15.8. The number of nitrogens with zero attached hydrogens (tertiary/aromatic N) is 3. The molecule has 1 N–H and O–H groups in total. The Kier molecular flexibility index (Phi) is 4.63. The lowest BCUT2D eigenvalue weighted by Crippen LogP contribution is -2.37. The third-order valence-electron chi connectivity index (χ3n) is 5.33. The Balaban J connectivity index is 1.49. The second kappa shape index (κ2) is 7.03. The smallest absolute Gasteiger partial charge is 0.244 e. The molecule has 2 heterocycles. The molecule has 1 saturated heterocycles. The van der Waals surface area contributed by atoms with Gasteiger partial charge in [-0.05, 0) is 24.8 Å². The van der Waals surface area contributed by atoms with Crippen molar-refractivity contribution in [3.8, 4) is 0 Å². The van der Waals surface area contributed by atoms with E-state index in [0.717, 1.165) is 12.4 Å². The predicted molar refractivity (Wildman–Crippen MR) is 90.5 cm³/mol. The molecule has 24 heavy (non-hydrogen) atoms. The standard InChI is InChI=1S/C19H25N3O2/c23-16-12-17(22(13-16)15-9-5-2-6-10-15)19-20-18(21-24-19)11-14-7-3-1-4-8-14/h1,3-4,7-8,15-17,23H,2,5-6,9-13H2/t16-,17+/m1/s1. The first-order chi connectivity index (χ1) is 11.8. The normalized spacial score (nSPS) is 26.0. The Morgan fingerprint density at radius 2 is 1.92 bits per heavy atom. The molecule has 1 saturated carbocycles. The molecule has 0 spiro atoms. The number of aliphatic hydroxyl groups is 1. The predicted octanol–water partition coefficient (Wildman–Crippen LogP) is 3.10. The number of β-amino-alcohol motifs (C(OH)–C–C–N with tert-alkyl or cyclic N) is 1. The van der Waals surface area contributed by atoms with E-state index in [1.807, 2.05) is 18.2 Å². The number of likely N-dealkylation sites (tertiary alicyclic amines) is 1. The molecule has 0 unspecified atom stereocenters. The Morgan fingerprint density at radius 1 is 1.12 bits per heavy atom. The van der Waals surface area contributed by atoms with Crippen LogP contribution in [0.1, 0.15) is 61.8 Å². The van der Waals surface area contributed by atoms with Crippen LogP contribution in [0.5, 0.6) is 0 Å². The maximum Gasteiger partial charge on any atom is 0.244 e. The lowest BCUT2D eigenvalue weighted by Gasteiger charge is -2.33. The number of aliphatic hydroxyl groups excluding tert-OH is 1. The van der Waals surface area contributed by atoms with Crippen molar-refractivity contribution in [2.75, 3.05) is 6.54 Å². The van der Waals surface area contributed by atoms with Gasteiger partial charge in [0.25, 0.3) is 0 Å². The van der Waals surface area contributed by atoms with Gasteiger partial charge in [-0.25, -0.2) is 0 Å². The van der Waals surface area contributed by atoms with Crippen LogP contribution in [0.3, 0.4) is 0 Å². The fourth-order valence-electron chi connectivity index (χ4n) is 4.15. The monoisotopic (exact) mass is 327 g/mol. The van der Waals surface area contributed by atoms with Crippen LogP contribution in [0.15, 0.2) is 34.9 Å². The average molecular weight is 327 g/mol. The summed E-state index contributed by atoms with van der Waals surface area (Å²) in [6.45, 7) is 0.728. The molecule has 5 heteroatoms. The Labute approximate surface area is 142 Å². The van der Waals surface area contributed by atoms with Gasteiger partial charge in [0.2, 0.25) is 5.89 Å². The molecule has 1 aromatic heterocycles. The molecule has 128 valence electrons. The van der Waals surface area contributed by atoms with Crippen LogP contribution < -0.4 is 0 Å². The summed E-state index contributed by atoms with van der Waals surface area (Å²) in [4.78, 5) is 7.04. The molecule has 1 aliphatic carbocycles. The number of aromatic nitrogens is 2. The van der Waals surface area contributed by atoms with Crippen molar-refractivity contribution in [2.45, 2.75) is 63.1 Å². The van der Waals surface area contributed by atoms with E-state index in [2.05, 4.69) is 27.2 Å². The summed E-state index contributed by atoms with van der Waals surface area (Å²) in [5.41, 5.74) is 1.18. The highest BCUT2D eigenvalue weighted by atomic mass is 16.5. The molecule has 4 rings (SSSR count). The molecule has 2 fully saturated rings. The van der Waals surface area contributed by atoms with Gasteiger partial charge in [-0.3, -0.25) is 4.90 Å². The summed E-state index contributed by atoms with van der Waals surface area (Å²) in [7, 11) is 0. The second-order valence-electron chi connectivity index (χ2n) is 7.11. The zero-order chi connectivity index (χ0) is 16.4. The van der Waals surface area contributed by atoms with E-state index in [1.165, 1.54) is 37.7 Å². The third kappa shape index (κ3) is 3.37. The van der Waals surface area contributed by atoms with Crippen LogP contribution in [0.25, 0.3) is 0 Å². The van der Waals surface area contributed by atoms with Gasteiger partial charge < -0.3 is 9.63 Å². The molecule has 0 amide bonds. The highest BCUT2D eigenvalue weighted by molar-refractivity contribution is 5.18. The molecule has 1 aromatic carbocycles. The van der Waals surface area contributed by atoms with Crippen LogP contribution in [0.4, 0.5) is 0 Å². The van der Waals surface area contributed by atoms with Crippen LogP contribution in [0, 0.1) is 0 Å². The number of rotatable bonds is 4. The van der Waals surface area contributed by atoms with Crippen LogP contribution in [-0.4, -0.2) is 38.8 Å². The molecular formula is C19H25N3O2. The van der Waals surface area contributed by atoms with Gasteiger partial charge in [0.05, 0.1) is 12.1 Å². The van der Waals surface area contributed by atoms with Gasteiger partial charge >= 0.3 is 0 Å². The molecule has 2 atom stereocenters. The van der Waals surface area contributed by atoms with Crippen molar-refractivity contribution in [3.05, 3.63) is 47.6 Å². The van der Waals surface area contributed by atoms with E-state index in [1.54, 1.807) is 0 Å². The van der Waals surface area contributed by atoms with Gasteiger partial charge in [-0.15, -0.1) is 0 Å². The number of hydrogen-bond donors (Lipinski definition) is 1. The molecule has 1 aliphatic heterocycles. The summed E-state index contributed by atoms with van der Waals surface area (Å²) in [6, 6.07) is 10.8. The zero-order valence-corrected chi connectivity index (χ0v) is 14.0. The molecule has 0 bridgehead atoms. The molecular weight excluding hydrogens is 302 g/mol. The summed E-state index contributed by atoms with van der Waals surface area (Å²) in [6.07, 6.45) is 7.43. The summed E-state index contributed by atoms with van der Waals surface area (Å²) < 4.78 is 5.58. The maximum absolute atomic E-state index is 10.2. The minimum Gasteiger partial charge on any atom is -0.392 e. The van der Waals surface area contributed by atoms with E-state index >= 15 is 0 Å². The van der Waals surface area contributed by atoms with Crippen molar-refractivity contribution in [3.63, 3.8) is 0 Å². The van der Waals surface area contributed by atoms with Crippen molar-refractivity contribution < 1.29 is 9.63 Å². The first-order valence-corrected chi connectivity index (χ1v) is 9.10. The van der Waals surface area contributed by atoms with Crippen molar-refractivity contribution in [1.82, 2.24) is 15.0 Å². The molecule has 0 radical (unpaired) electrons. The topological polar surface area (TPSA) is 62.4 Å². The maximum atomic E-state index is 10.2. The van der Waals surface area contributed by atoms with Crippen molar-refractivity contribution >= 4 is 0 Å². The Hall–Kier alpha value is -1.72. The highest BCUT2D eigenvalue weighted by Gasteiger charge is 2.39. The fourth-order valence-corrected chi connectivity index (χ4v) is 4.15. The van der Waals surface area contributed by atoms with Crippen LogP contribution in [-0.2, 0) is 6.42 Å². The van der Waals surface area contributed by atoms with E-state index < -0.39 is 0 Å². The van der Waals surface area contributed by atoms with E-state index in [9.17, 15) is 5.11 Å². The number of benzene rings is 1. The minimum absolute atomic E-state index is 0.0696. The first-order valence-electron chi connectivity index (χ1n) is 9.10. The number of hydrogen-bond acceptors (Lipinski definition) is 5. The van der Waals surface area contributed by atoms with Gasteiger partial charge in [0.1, 0.15) is 0 Å². The summed E-state index contributed by atoms with van der Waals surface area (Å²) in [5.74, 6) is 1.39. The zero-order valence-electron chi connectivity index (χ0n) is 14.0. The van der Waals surface area contributed by atoms with Gasteiger partial charge in [-0.1, -0.05) is 54.8 Å². The van der Waals surface area contributed by atoms with Crippen LogP contribution in [0.2, 0.25) is 0 Å². The second-order valence-corrected chi connectivity index (χ2v) is 7.11. The largest absolute Gasteiger partial charge is 0.392 e. The van der Waals surface area contributed by atoms with Gasteiger partial charge in [0, 0.05) is 19.0 Å². The van der Waals surface area contributed by atoms with E-state index in [4.69, 9.17) is 4.52 Å². The van der Waals surface area contributed by atoms with Crippen LogP contribution >= 0.6 is 0 Å². The van der Waals surface area contributed by atoms with Gasteiger partial charge in [0.15, 0.2) is 5.82 Å². The summed E-state index contributed by atoms with van der Waals surface area (Å²) in [5, 5.41) is 14.3. The van der Waals surface area contributed by atoms with E-state index in [0.29, 0.717) is 24.8 Å². The summed E-state index contributed by atoms with van der Waals surface area (Å²) >= 11 is 0. The average Bonchev–Trinajstić information content (AvgIpc) is 3.23. The fraction of sp³-hybridized carbons (Fsp3) is 0.579. The molecule has 5 nitrogen and oxygen atoms in total. The van der Waals surface area contributed by atoms with Crippen molar-refractivity contribution in [1.29, 1.82) is 0 Å². The Morgan fingerprint density at radius 3 is 2.71 bits per heavy atom. The highest BCUT2D eigenvalue weighted by Crippen LogP contribution is 2.37. The van der Waals surface area contributed by atoms with Crippen molar-refractivity contribution in [2.24, 2.45) is 0 Å². The minimum atomic E-state index is -0.290. The van der Waals surface area contributed by atoms with Gasteiger partial charge in [-0.2, -0.15) is 4.98 Å². The molecule has 2 aromatic rings. The van der Waals surface area contributed by atoms with E-state index in [-0.39, 0.29) is 12.1 Å². The quantitative estimate of drug-likeness (QED) is 0.935. The lowest BCUT2D eigenvalue weighted by molar-refractivity contribution is 0.110. The third-order valence-corrected chi connectivity index (χ3v) is 5.33. The molecule has 2 aliphatic rings. The Bertz CT molecular complexity index is 652. The SMILES string of the molecule is O[C@@H]1C[C@@H](c2nc(Cc3ccccc3)no2)N(C2CCCCC2)C1.